The van der Waals surface area contributed by atoms with Gasteiger partial charge < -0.3 is 10.6 Å². The summed E-state index contributed by atoms with van der Waals surface area (Å²) in [5.41, 5.74) is 10.2. The second-order valence-electron chi connectivity index (χ2n) is 7.03. The summed E-state index contributed by atoms with van der Waals surface area (Å²) in [7, 11) is 1.79. The molecule has 0 bridgehead atoms. The van der Waals surface area contributed by atoms with Gasteiger partial charge in [0.2, 0.25) is 11.8 Å². The lowest BCUT2D eigenvalue weighted by Crippen LogP contribution is -2.51. The molecule has 1 aliphatic heterocycles. The zero-order chi connectivity index (χ0) is 18.7. The molecule has 1 atom stereocenters. The van der Waals surface area contributed by atoms with E-state index in [2.05, 4.69) is 0 Å². The molecular weight excluding hydrogens is 326 g/mol. The molecule has 0 saturated carbocycles. The molecule has 0 aliphatic carbocycles. The molecule has 2 N–H and O–H groups in total. The van der Waals surface area contributed by atoms with Gasteiger partial charge in [0.1, 0.15) is 0 Å². The van der Waals surface area contributed by atoms with Crippen molar-refractivity contribution in [3.63, 3.8) is 0 Å². The third-order valence-electron chi connectivity index (χ3n) is 4.98. The van der Waals surface area contributed by atoms with Gasteiger partial charge in [-0.25, -0.2) is 0 Å². The van der Waals surface area contributed by atoms with Crippen molar-refractivity contribution in [2.45, 2.75) is 32.5 Å². The normalized spacial score (nSPS) is 16.8. The van der Waals surface area contributed by atoms with Crippen molar-refractivity contribution in [1.82, 2.24) is 9.80 Å². The van der Waals surface area contributed by atoms with Crippen LogP contribution in [0.5, 0.6) is 0 Å². The molecule has 1 unspecified atom stereocenters. The first kappa shape index (κ1) is 18.1. The molecule has 2 aromatic rings. The van der Waals surface area contributed by atoms with Crippen molar-refractivity contribution < 1.29 is 9.59 Å². The Hall–Kier alpha value is -2.66. The fourth-order valence-electron chi connectivity index (χ4n) is 3.37. The molecule has 0 aromatic heterocycles. The number of fused-ring (bicyclic) bond motifs is 1. The monoisotopic (exact) mass is 351 g/mol. The smallest absolute Gasteiger partial charge is 0.236 e. The van der Waals surface area contributed by atoms with Gasteiger partial charge >= 0.3 is 0 Å². The quantitative estimate of drug-likeness (QED) is 0.894. The van der Waals surface area contributed by atoms with Gasteiger partial charge in [-0.1, -0.05) is 54.1 Å². The molecule has 2 aromatic carbocycles. The van der Waals surface area contributed by atoms with Crippen molar-refractivity contribution in [2.24, 2.45) is 5.73 Å². The number of benzene rings is 2. The Kier molecular flexibility index (Phi) is 5.38. The number of rotatable bonds is 5. The van der Waals surface area contributed by atoms with E-state index in [-0.39, 0.29) is 18.4 Å². The standard InChI is InChI=1S/C21H25N3O2/c1-15-7-9-16(10-8-15)12-23(2)20(25)14-24-13-18-6-4-3-5-17(18)11-19(24)21(22)26/h3-10,19H,11-14H2,1-2H3,(H2,22,26). The highest BCUT2D eigenvalue weighted by Crippen LogP contribution is 2.23. The average Bonchev–Trinajstić information content (AvgIpc) is 2.62. The van der Waals surface area contributed by atoms with Crippen LogP contribution in [0.2, 0.25) is 0 Å². The maximum atomic E-state index is 12.7. The maximum absolute atomic E-state index is 12.7. The van der Waals surface area contributed by atoms with E-state index < -0.39 is 6.04 Å². The molecule has 0 spiro atoms. The molecule has 5 heteroatoms. The van der Waals surface area contributed by atoms with Gasteiger partial charge in [0.05, 0.1) is 12.6 Å². The molecular formula is C21H25N3O2. The number of primary amides is 1. The van der Waals surface area contributed by atoms with E-state index >= 15 is 0 Å². The maximum Gasteiger partial charge on any atom is 0.236 e. The minimum Gasteiger partial charge on any atom is -0.368 e. The highest BCUT2D eigenvalue weighted by atomic mass is 16.2. The van der Waals surface area contributed by atoms with Crippen molar-refractivity contribution in [3.8, 4) is 0 Å². The summed E-state index contributed by atoms with van der Waals surface area (Å²) in [6.07, 6.45) is 0.556. The molecule has 2 amide bonds. The third-order valence-corrected chi connectivity index (χ3v) is 4.98. The average molecular weight is 351 g/mol. The Morgan fingerprint density at radius 1 is 1.12 bits per heavy atom. The second kappa shape index (κ2) is 7.70. The SMILES string of the molecule is Cc1ccc(CN(C)C(=O)CN2Cc3ccccc3CC2C(N)=O)cc1. The van der Waals surface area contributed by atoms with Crippen molar-refractivity contribution in [1.29, 1.82) is 0 Å². The Morgan fingerprint density at radius 3 is 2.42 bits per heavy atom. The summed E-state index contributed by atoms with van der Waals surface area (Å²) in [6.45, 7) is 3.33. The largest absolute Gasteiger partial charge is 0.368 e. The molecule has 3 rings (SSSR count). The lowest BCUT2D eigenvalue weighted by molar-refractivity contribution is -0.134. The van der Waals surface area contributed by atoms with E-state index in [1.165, 1.54) is 5.56 Å². The van der Waals surface area contributed by atoms with Crippen molar-refractivity contribution in [2.75, 3.05) is 13.6 Å². The van der Waals surface area contributed by atoms with Crippen LogP contribution in [0.4, 0.5) is 0 Å². The summed E-state index contributed by atoms with van der Waals surface area (Å²) >= 11 is 0. The van der Waals surface area contributed by atoms with Crippen LogP contribution in [0.3, 0.4) is 0 Å². The van der Waals surface area contributed by atoms with Crippen LogP contribution in [0.1, 0.15) is 22.3 Å². The Balaban J connectivity index is 1.68. The lowest BCUT2D eigenvalue weighted by atomic mass is 9.93. The topological polar surface area (TPSA) is 66.6 Å². The summed E-state index contributed by atoms with van der Waals surface area (Å²) in [6, 6.07) is 15.7. The van der Waals surface area contributed by atoms with E-state index in [9.17, 15) is 9.59 Å². The van der Waals surface area contributed by atoms with E-state index in [0.29, 0.717) is 19.5 Å². The fraction of sp³-hybridized carbons (Fsp3) is 0.333. The predicted molar refractivity (Wildman–Crippen MR) is 101 cm³/mol. The number of amides is 2. The van der Waals surface area contributed by atoms with Crippen LogP contribution < -0.4 is 5.73 Å². The van der Waals surface area contributed by atoms with Crippen LogP contribution in [0, 0.1) is 6.92 Å². The van der Waals surface area contributed by atoms with Gasteiger partial charge in [-0.05, 0) is 30.0 Å². The molecule has 136 valence electrons. The number of hydrogen-bond acceptors (Lipinski definition) is 3. The minimum absolute atomic E-state index is 0.0174. The molecule has 0 radical (unpaired) electrons. The molecule has 0 saturated heterocycles. The number of nitrogens with two attached hydrogens (primary N) is 1. The fourth-order valence-corrected chi connectivity index (χ4v) is 3.37. The number of likely N-dealkylation sites (N-methyl/N-ethyl adjacent to an activating group) is 1. The van der Waals surface area contributed by atoms with Crippen LogP contribution in [-0.4, -0.2) is 41.2 Å². The Morgan fingerprint density at radius 2 is 1.77 bits per heavy atom. The van der Waals surface area contributed by atoms with Crippen LogP contribution in [-0.2, 0) is 29.1 Å². The third kappa shape index (κ3) is 4.11. The van der Waals surface area contributed by atoms with Gasteiger partial charge in [0.15, 0.2) is 0 Å². The van der Waals surface area contributed by atoms with E-state index in [4.69, 9.17) is 5.73 Å². The summed E-state index contributed by atoms with van der Waals surface area (Å²) in [4.78, 5) is 28.2. The summed E-state index contributed by atoms with van der Waals surface area (Å²) in [5, 5.41) is 0. The minimum atomic E-state index is -0.443. The molecule has 26 heavy (non-hydrogen) atoms. The van der Waals surface area contributed by atoms with Gasteiger partial charge in [-0.15, -0.1) is 0 Å². The molecule has 5 nitrogen and oxygen atoms in total. The first-order valence-corrected chi connectivity index (χ1v) is 8.83. The van der Waals surface area contributed by atoms with Gasteiger partial charge in [0, 0.05) is 20.1 Å². The number of carbonyl (C=O) groups excluding carboxylic acids is 2. The number of hydrogen-bond donors (Lipinski definition) is 1. The molecule has 1 aliphatic rings. The first-order chi connectivity index (χ1) is 12.4. The van der Waals surface area contributed by atoms with Crippen LogP contribution >= 0.6 is 0 Å². The first-order valence-electron chi connectivity index (χ1n) is 8.83. The second-order valence-corrected chi connectivity index (χ2v) is 7.03. The summed E-state index contributed by atoms with van der Waals surface area (Å²) in [5.74, 6) is -0.398. The van der Waals surface area contributed by atoms with Gasteiger partial charge in [-0.2, -0.15) is 0 Å². The van der Waals surface area contributed by atoms with Crippen molar-refractivity contribution >= 4 is 11.8 Å². The highest BCUT2D eigenvalue weighted by molar-refractivity contribution is 5.83. The Labute approximate surface area is 154 Å². The molecule has 0 fully saturated rings. The number of carbonyl (C=O) groups is 2. The number of aryl methyl sites for hydroxylation is 1. The van der Waals surface area contributed by atoms with E-state index in [0.717, 1.165) is 16.7 Å². The lowest BCUT2D eigenvalue weighted by Gasteiger charge is -2.35. The zero-order valence-electron chi connectivity index (χ0n) is 15.3. The van der Waals surface area contributed by atoms with E-state index in [1.807, 2.05) is 60.4 Å². The molecule has 1 heterocycles. The Bertz CT molecular complexity index is 801. The van der Waals surface area contributed by atoms with Gasteiger partial charge in [0.25, 0.3) is 0 Å². The summed E-state index contributed by atoms with van der Waals surface area (Å²) < 4.78 is 0. The highest BCUT2D eigenvalue weighted by Gasteiger charge is 2.31. The van der Waals surface area contributed by atoms with Crippen molar-refractivity contribution in [3.05, 3.63) is 70.8 Å². The zero-order valence-corrected chi connectivity index (χ0v) is 15.3. The van der Waals surface area contributed by atoms with Crippen LogP contribution in [0.25, 0.3) is 0 Å². The predicted octanol–water partition coefficient (Wildman–Crippen LogP) is 1.87. The van der Waals surface area contributed by atoms with Crippen LogP contribution in [0.15, 0.2) is 48.5 Å². The van der Waals surface area contributed by atoms with Gasteiger partial charge in [-0.3, -0.25) is 14.5 Å². The number of nitrogens with zero attached hydrogens (tertiary/aromatic N) is 2. The van der Waals surface area contributed by atoms with E-state index in [1.54, 1.807) is 11.9 Å².